The zero-order valence-electron chi connectivity index (χ0n) is 24.8. The molecule has 2 aliphatic rings. The summed E-state index contributed by atoms with van der Waals surface area (Å²) >= 11 is 0. The highest BCUT2D eigenvalue weighted by molar-refractivity contribution is 7.89. The smallest absolute Gasteiger partial charge is 0.243 e. The van der Waals surface area contributed by atoms with Crippen LogP contribution in [-0.2, 0) is 26.0 Å². The first-order valence-electron chi connectivity index (χ1n) is 15.1. The lowest BCUT2D eigenvalue weighted by molar-refractivity contribution is -0.118. The molecule has 0 saturated carbocycles. The third kappa shape index (κ3) is 7.18. The normalized spacial score (nSPS) is 21.5. The van der Waals surface area contributed by atoms with Crippen molar-refractivity contribution in [2.24, 2.45) is 11.7 Å². The first-order chi connectivity index (χ1) is 21.2. The van der Waals surface area contributed by atoms with Crippen LogP contribution in [0.3, 0.4) is 0 Å². The van der Waals surface area contributed by atoms with E-state index in [1.807, 2.05) is 6.92 Å². The number of amides is 1. The van der Waals surface area contributed by atoms with Gasteiger partial charge in [0.1, 0.15) is 11.6 Å². The van der Waals surface area contributed by atoms with Crippen LogP contribution in [0.5, 0.6) is 0 Å². The summed E-state index contributed by atoms with van der Waals surface area (Å²) in [5, 5.41) is 6.15. The zero-order chi connectivity index (χ0) is 31.3. The lowest BCUT2D eigenvalue weighted by Gasteiger charge is -2.40. The van der Waals surface area contributed by atoms with Crippen molar-refractivity contribution in [1.82, 2.24) is 9.62 Å². The Labute approximate surface area is 258 Å². The topological polar surface area (TPSA) is 114 Å². The predicted molar refractivity (Wildman–Crippen MR) is 166 cm³/mol. The quantitative estimate of drug-likeness (QED) is 0.307. The van der Waals surface area contributed by atoms with Crippen LogP contribution >= 0.6 is 0 Å². The first-order valence-corrected chi connectivity index (χ1v) is 16.6. The monoisotopic (exact) mass is 626 g/mol. The highest BCUT2D eigenvalue weighted by Crippen LogP contribution is 2.35. The second-order valence-corrected chi connectivity index (χ2v) is 13.5. The molecule has 3 aromatic rings. The van der Waals surface area contributed by atoms with Crippen LogP contribution < -0.4 is 16.4 Å². The van der Waals surface area contributed by atoms with Crippen molar-refractivity contribution in [2.45, 2.75) is 61.5 Å². The number of carbonyl (C=O) groups is 1. The number of sulfonamides is 1. The fraction of sp³-hybridized carbons (Fsp3) is 0.424. The molecule has 2 heterocycles. The van der Waals surface area contributed by atoms with Crippen LogP contribution in [0.2, 0.25) is 0 Å². The second-order valence-electron chi connectivity index (χ2n) is 11.7. The molecule has 0 bridgehead atoms. The minimum absolute atomic E-state index is 0.0558. The Balaban J connectivity index is 1.35. The van der Waals surface area contributed by atoms with Gasteiger partial charge in [0.2, 0.25) is 15.9 Å². The molecule has 5 rings (SSSR count). The van der Waals surface area contributed by atoms with Crippen molar-refractivity contribution in [3.8, 4) is 0 Å². The molecule has 0 aromatic heterocycles. The molecule has 4 N–H and O–H groups in total. The average molecular weight is 627 g/mol. The number of ether oxygens (including phenoxy) is 1. The molecule has 0 unspecified atom stereocenters. The molecule has 8 nitrogen and oxygen atoms in total. The van der Waals surface area contributed by atoms with E-state index >= 15 is 4.39 Å². The number of rotatable bonds is 10. The van der Waals surface area contributed by atoms with E-state index in [1.165, 1.54) is 28.6 Å². The Morgan fingerprint density at radius 1 is 1.02 bits per heavy atom. The van der Waals surface area contributed by atoms with Gasteiger partial charge in [-0.15, -0.1) is 0 Å². The molecule has 2 aliphatic heterocycles. The number of benzene rings is 3. The van der Waals surface area contributed by atoms with Crippen LogP contribution in [-0.4, -0.2) is 63.1 Å². The summed E-state index contributed by atoms with van der Waals surface area (Å²) in [7, 11) is -3.78. The van der Waals surface area contributed by atoms with Crippen molar-refractivity contribution in [3.63, 3.8) is 0 Å². The largest absolute Gasteiger partial charge is 0.381 e. The Kier molecular flexibility index (Phi) is 10.4. The number of halogens is 2. The summed E-state index contributed by atoms with van der Waals surface area (Å²) in [5.74, 6) is -1.67. The van der Waals surface area contributed by atoms with E-state index < -0.39 is 33.8 Å². The maximum atomic E-state index is 15.3. The second kappa shape index (κ2) is 14.3. The summed E-state index contributed by atoms with van der Waals surface area (Å²) in [6.07, 6.45) is 1.95. The van der Waals surface area contributed by atoms with Gasteiger partial charge in [-0.3, -0.25) is 4.79 Å². The summed E-state index contributed by atoms with van der Waals surface area (Å²) in [6, 6.07) is 17.1. The fourth-order valence-corrected chi connectivity index (χ4v) is 8.39. The number of nitrogens with two attached hydrogens (primary N) is 1. The van der Waals surface area contributed by atoms with E-state index in [-0.39, 0.29) is 40.6 Å². The third-order valence-corrected chi connectivity index (χ3v) is 10.8. The number of hydrogen-bond donors (Lipinski definition) is 3. The summed E-state index contributed by atoms with van der Waals surface area (Å²) < 4.78 is 63.3. The van der Waals surface area contributed by atoms with E-state index in [0.717, 1.165) is 5.56 Å². The summed E-state index contributed by atoms with van der Waals surface area (Å²) in [5.41, 5.74) is 7.95. The van der Waals surface area contributed by atoms with Crippen LogP contribution in [0.1, 0.15) is 43.2 Å². The number of nitrogens with one attached hydrogen (secondary N) is 2. The Bertz CT molecular complexity index is 1520. The van der Waals surface area contributed by atoms with Gasteiger partial charge in [0.25, 0.3) is 0 Å². The molecule has 2 fully saturated rings. The first kappa shape index (κ1) is 32.2. The Morgan fingerprint density at radius 2 is 1.73 bits per heavy atom. The lowest BCUT2D eigenvalue weighted by Crippen LogP contribution is -2.58. The van der Waals surface area contributed by atoms with Gasteiger partial charge in [-0.05, 0) is 80.5 Å². The van der Waals surface area contributed by atoms with Gasteiger partial charge in [0.05, 0.1) is 10.9 Å². The molecular weight excluding hydrogens is 586 g/mol. The van der Waals surface area contributed by atoms with Crippen molar-refractivity contribution in [1.29, 1.82) is 0 Å². The van der Waals surface area contributed by atoms with E-state index in [4.69, 9.17) is 10.5 Å². The number of carbonyl (C=O) groups excluding carboxylic acids is 1. The van der Waals surface area contributed by atoms with Gasteiger partial charge in [0, 0.05) is 55.6 Å². The zero-order valence-corrected chi connectivity index (χ0v) is 25.6. The van der Waals surface area contributed by atoms with Crippen molar-refractivity contribution < 1.29 is 26.7 Å². The van der Waals surface area contributed by atoms with Crippen molar-refractivity contribution in [2.75, 3.05) is 31.6 Å². The molecule has 0 spiro atoms. The van der Waals surface area contributed by atoms with Crippen molar-refractivity contribution in [3.05, 3.63) is 95.6 Å². The molecule has 1 amide bonds. The maximum Gasteiger partial charge on any atom is 0.243 e. The van der Waals surface area contributed by atoms with E-state index in [9.17, 15) is 17.6 Å². The highest BCUT2D eigenvalue weighted by atomic mass is 32.2. The molecule has 11 heteroatoms. The molecule has 0 aliphatic carbocycles. The van der Waals surface area contributed by atoms with E-state index in [1.54, 1.807) is 48.5 Å². The van der Waals surface area contributed by atoms with Crippen LogP contribution in [0, 0.1) is 17.6 Å². The Morgan fingerprint density at radius 3 is 2.43 bits per heavy atom. The van der Waals surface area contributed by atoms with Gasteiger partial charge in [-0.1, -0.05) is 36.4 Å². The lowest BCUT2D eigenvalue weighted by atomic mass is 9.76. The molecule has 0 radical (unpaired) electrons. The van der Waals surface area contributed by atoms with Gasteiger partial charge in [-0.2, -0.15) is 4.31 Å². The molecular formula is C33H40F2N4O4S. The minimum Gasteiger partial charge on any atom is -0.381 e. The van der Waals surface area contributed by atoms with Crippen LogP contribution in [0.4, 0.5) is 14.5 Å². The molecule has 44 heavy (non-hydrogen) atoms. The summed E-state index contributed by atoms with van der Waals surface area (Å²) in [4.78, 5) is 13.8. The average Bonchev–Trinajstić information content (AvgIpc) is 3.02. The number of piperazine rings is 1. The van der Waals surface area contributed by atoms with Crippen LogP contribution in [0.15, 0.2) is 77.7 Å². The summed E-state index contributed by atoms with van der Waals surface area (Å²) in [6.45, 7) is 3.88. The number of anilines is 1. The molecule has 3 aromatic carbocycles. The standard InChI is InChI=1S/C33H40F2N4O4S/c1-22-20-37-21-26(39(22)44(41,42)27-6-3-2-4-7-27)14-15-28-29(35)8-5-9-30(28)38-33(40)32(36)31(24-16-18-43-19-17-24)23-10-12-25(34)13-11-23/h2-13,22,24,26,31-32,37H,14-21,36H2,1H3,(H,38,40)/t22-,26-,31-,32-/m0/s1. The number of hydrogen-bond acceptors (Lipinski definition) is 6. The van der Waals surface area contributed by atoms with Crippen LogP contribution in [0.25, 0.3) is 0 Å². The van der Waals surface area contributed by atoms with Gasteiger partial charge in [0.15, 0.2) is 0 Å². The molecule has 2 saturated heterocycles. The highest BCUT2D eigenvalue weighted by Gasteiger charge is 2.38. The number of nitrogens with zero attached hydrogens (tertiary/aromatic N) is 1. The predicted octanol–water partition coefficient (Wildman–Crippen LogP) is 4.42. The third-order valence-electron chi connectivity index (χ3n) is 8.76. The SMILES string of the molecule is C[C@H]1CNC[C@H](CCc2c(F)cccc2NC(=O)[C@@H](N)[C@@H](c2ccc(F)cc2)C2CCOCC2)N1S(=O)(=O)c1ccccc1. The van der Waals surface area contributed by atoms with E-state index in [2.05, 4.69) is 10.6 Å². The molecule has 4 atom stereocenters. The maximum absolute atomic E-state index is 15.3. The fourth-order valence-electron chi connectivity index (χ4n) is 6.53. The minimum atomic E-state index is -3.78. The van der Waals surface area contributed by atoms with E-state index in [0.29, 0.717) is 51.3 Å². The van der Waals surface area contributed by atoms with Gasteiger partial charge >= 0.3 is 0 Å². The molecule has 236 valence electrons. The Hall–Kier alpha value is -3.22. The van der Waals surface area contributed by atoms with Crippen molar-refractivity contribution >= 4 is 21.6 Å². The van der Waals surface area contributed by atoms with Gasteiger partial charge in [-0.25, -0.2) is 17.2 Å². The van der Waals surface area contributed by atoms with Gasteiger partial charge < -0.3 is 21.1 Å².